The fourth-order valence-electron chi connectivity index (χ4n) is 9.25. The van der Waals surface area contributed by atoms with Crippen molar-refractivity contribution in [2.45, 2.75) is 0 Å². The SMILES string of the molecule is c1ccc(-c2c3ccccc3c(-c3ccc4c(c3)oc3c5cc(-c6cc7c8ccccc8oc7c7oc8ccccc8c67)oc5ccc43)c3ccccc23)cc1. The highest BCUT2D eigenvalue weighted by Gasteiger charge is 2.24. The van der Waals surface area contributed by atoms with Gasteiger partial charge in [0.15, 0.2) is 11.2 Å². The van der Waals surface area contributed by atoms with Gasteiger partial charge in [0, 0.05) is 37.9 Å². The number of benzene rings is 9. The molecule has 0 aliphatic heterocycles. The minimum atomic E-state index is 0.716. The molecule has 13 aromatic rings. The Bertz CT molecular complexity index is 3700. The van der Waals surface area contributed by atoms with E-state index in [1.54, 1.807) is 0 Å². The van der Waals surface area contributed by atoms with Crippen LogP contribution in [0.5, 0.6) is 0 Å². The molecule has 56 heavy (non-hydrogen) atoms. The number of hydrogen-bond donors (Lipinski definition) is 0. The predicted octanol–water partition coefficient (Wildman–Crippen LogP) is 15.4. The van der Waals surface area contributed by atoms with Crippen LogP contribution in [0.25, 0.3) is 132 Å². The van der Waals surface area contributed by atoms with Crippen molar-refractivity contribution in [3.63, 3.8) is 0 Å². The third-order valence-corrected chi connectivity index (χ3v) is 11.7. The van der Waals surface area contributed by atoms with Gasteiger partial charge in [0.1, 0.15) is 33.7 Å². The zero-order valence-corrected chi connectivity index (χ0v) is 29.8. The molecule has 0 spiro atoms. The van der Waals surface area contributed by atoms with E-state index in [2.05, 4.69) is 133 Å². The van der Waals surface area contributed by atoms with Crippen molar-refractivity contribution < 1.29 is 17.7 Å². The van der Waals surface area contributed by atoms with Crippen LogP contribution in [0.2, 0.25) is 0 Å². The second-order valence-electron chi connectivity index (χ2n) is 14.7. The van der Waals surface area contributed by atoms with Crippen LogP contribution < -0.4 is 0 Å². The Morgan fingerprint density at radius 2 is 0.804 bits per heavy atom. The second-order valence-corrected chi connectivity index (χ2v) is 14.7. The summed E-state index contributed by atoms with van der Waals surface area (Å²) in [5.41, 5.74) is 11.2. The first-order valence-electron chi connectivity index (χ1n) is 18.9. The number of rotatable bonds is 3. The first-order valence-corrected chi connectivity index (χ1v) is 18.9. The molecule has 0 amide bonds. The molecule has 0 atom stereocenters. The maximum Gasteiger partial charge on any atom is 0.179 e. The highest BCUT2D eigenvalue weighted by atomic mass is 16.4. The molecule has 9 aromatic carbocycles. The van der Waals surface area contributed by atoms with E-state index in [0.29, 0.717) is 5.58 Å². The van der Waals surface area contributed by atoms with Crippen LogP contribution in [0.1, 0.15) is 0 Å². The third-order valence-electron chi connectivity index (χ3n) is 11.7. The van der Waals surface area contributed by atoms with E-state index in [9.17, 15) is 0 Å². The molecule has 0 saturated heterocycles. The molecular weight excluding hydrogens is 689 g/mol. The van der Waals surface area contributed by atoms with Crippen molar-refractivity contribution in [3.8, 4) is 33.6 Å². The van der Waals surface area contributed by atoms with E-state index in [1.807, 2.05) is 36.4 Å². The van der Waals surface area contributed by atoms with Crippen LogP contribution in [0.15, 0.2) is 188 Å². The Balaban J connectivity index is 1.04. The van der Waals surface area contributed by atoms with Crippen molar-refractivity contribution in [3.05, 3.63) is 170 Å². The second kappa shape index (κ2) is 11.0. The van der Waals surface area contributed by atoms with Gasteiger partial charge in [-0.15, -0.1) is 0 Å². The van der Waals surface area contributed by atoms with Gasteiger partial charge in [-0.3, -0.25) is 0 Å². The molecule has 4 nitrogen and oxygen atoms in total. The fourth-order valence-corrected chi connectivity index (χ4v) is 9.25. The van der Waals surface area contributed by atoms with E-state index in [0.717, 1.165) is 88.1 Å². The number of fused-ring (bicyclic) bond motifs is 14. The average molecular weight is 717 g/mol. The maximum absolute atomic E-state index is 6.86. The quantitative estimate of drug-likeness (QED) is 0.171. The largest absolute Gasteiger partial charge is 0.456 e. The van der Waals surface area contributed by atoms with Crippen molar-refractivity contribution in [2.75, 3.05) is 0 Å². The minimum Gasteiger partial charge on any atom is -0.456 e. The van der Waals surface area contributed by atoms with Crippen molar-refractivity contribution in [2.24, 2.45) is 0 Å². The summed E-state index contributed by atoms with van der Waals surface area (Å²) in [4.78, 5) is 0. The molecule has 0 saturated carbocycles. The van der Waals surface area contributed by atoms with E-state index in [-0.39, 0.29) is 0 Å². The molecule has 0 bridgehead atoms. The number of hydrogen-bond acceptors (Lipinski definition) is 4. The van der Waals surface area contributed by atoms with E-state index < -0.39 is 0 Å². The molecule has 0 aliphatic carbocycles. The Hall–Kier alpha value is -7.56. The Morgan fingerprint density at radius 3 is 1.54 bits per heavy atom. The number of furan rings is 4. The smallest absolute Gasteiger partial charge is 0.179 e. The van der Waals surface area contributed by atoms with Gasteiger partial charge in [0.2, 0.25) is 0 Å². The van der Waals surface area contributed by atoms with Gasteiger partial charge in [-0.2, -0.15) is 0 Å². The van der Waals surface area contributed by atoms with Crippen LogP contribution in [-0.2, 0) is 0 Å². The highest BCUT2D eigenvalue weighted by molar-refractivity contribution is 6.25. The molecule has 0 fully saturated rings. The monoisotopic (exact) mass is 716 g/mol. The van der Waals surface area contributed by atoms with E-state index >= 15 is 0 Å². The predicted molar refractivity (Wildman–Crippen MR) is 229 cm³/mol. The zero-order chi connectivity index (χ0) is 36.5. The van der Waals surface area contributed by atoms with Crippen LogP contribution in [0, 0.1) is 0 Å². The third kappa shape index (κ3) is 4.02. The lowest BCUT2D eigenvalue weighted by atomic mass is 9.86. The van der Waals surface area contributed by atoms with E-state index in [4.69, 9.17) is 17.7 Å². The minimum absolute atomic E-state index is 0.716. The van der Waals surface area contributed by atoms with Crippen LogP contribution in [-0.4, -0.2) is 0 Å². The lowest BCUT2D eigenvalue weighted by Crippen LogP contribution is -1.90. The van der Waals surface area contributed by atoms with Crippen LogP contribution in [0.3, 0.4) is 0 Å². The average Bonchev–Trinajstić information content (AvgIpc) is 4.04. The Labute approximate surface area is 318 Å². The lowest BCUT2D eigenvalue weighted by Gasteiger charge is -2.17. The molecule has 4 aromatic heterocycles. The normalized spacial score (nSPS) is 12.3. The van der Waals surface area contributed by atoms with Gasteiger partial charge in [0.25, 0.3) is 0 Å². The molecule has 0 N–H and O–H groups in total. The summed E-state index contributed by atoms with van der Waals surface area (Å²) in [6.07, 6.45) is 0. The summed E-state index contributed by atoms with van der Waals surface area (Å²) in [7, 11) is 0. The molecule has 13 rings (SSSR count). The van der Waals surface area contributed by atoms with Gasteiger partial charge in [-0.05, 0) is 92.3 Å². The molecule has 0 radical (unpaired) electrons. The van der Waals surface area contributed by atoms with Crippen molar-refractivity contribution in [1.82, 2.24) is 0 Å². The van der Waals surface area contributed by atoms with Gasteiger partial charge in [0.05, 0.1) is 5.39 Å². The van der Waals surface area contributed by atoms with Gasteiger partial charge in [-0.1, -0.05) is 121 Å². The van der Waals surface area contributed by atoms with Crippen LogP contribution >= 0.6 is 0 Å². The zero-order valence-electron chi connectivity index (χ0n) is 29.8. The molecule has 0 unspecified atom stereocenters. The first-order chi connectivity index (χ1) is 27.8. The number of para-hydroxylation sites is 2. The van der Waals surface area contributed by atoms with Crippen LogP contribution in [0.4, 0.5) is 0 Å². The van der Waals surface area contributed by atoms with E-state index in [1.165, 1.54) is 38.2 Å². The standard InChI is InChI=1S/C52H28O4/c1-2-12-29(13-3-1)47-33-15-4-6-17-35(33)48(36-18-7-5-16-34(36)47)30-22-23-32-37-24-25-44-41(50(37)56-45(32)26-30)28-46(53-44)40-27-39-31-14-8-10-20-42(31)54-51(39)52-49(40)38-19-9-11-21-43(38)55-52/h1-28H. The van der Waals surface area contributed by atoms with Gasteiger partial charge in [-0.25, -0.2) is 0 Å². The topological polar surface area (TPSA) is 52.6 Å². The molecule has 260 valence electrons. The summed E-state index contributed by atoms with van der Waals surface area (Å²) in [5.74, 6) is 0.744. The van der Waals surface area contributed by atoms with Gasteiger partial charge >= 0.3 is 0 Å². The maximum atomic E-state index is 6.86. The lowest BCUT2D eigenvalue weighted by molar-refractivity contribution is 0.628. The molecular formula is C52H28O4. The fraction of sp³-hybridized carbons (Fsp3) is 0. The van der Waals surface area contributed by atoms with Crippen molar-refractivity contribution in [1.29, 1.82) is 0 Å². The van der Waals surface area contributed by atoms with Crippen molar-refractivity contribution >= 4 is 98.3 Å². The highest BCUT2D eigenvalue weighted by Crippen LogP contribution is 2.48. The Kier molecular flexibility index (Phi) is 5.86. The summed E-state index contributed by atoms with van der Waals surface area (Å²) < 4.78 is 26.5. The summed E-state index contributed by atoms with van der Waals surface area (Å²) in [6.45, 7) is 0. The molecule has 4 heteroatoms. The molecule has 4 heterocycles. The molecule has 0 aliphatic rings. The Morgan fingerprint density at radius 1 is 0.268 bits per heavy atom. The van der Waals surface area contributed by atoms with Gasteiger partial charge < -0.3 is 17.7 Å². The summed E-state index contributed by atoms with van der Waals surface area (Å²) >= 11 is 0. The summed E-state index contributed by atoms with van der Waals surface area (Å²) in [5, 5.41) is 11.9. The summed E-state index contributed by atoms with van der Waals surface area (Å²) in [6, 6.07) is 59.6. The first kappa shape index (κ1) is 29.8.